The lowest BCUT2D eigenvalue weighted by Gasteiger charge is -2.04. The normalized spacial score (nSPS) is 11.2. The number of hydrogen-bond donors (Lipinski definition) is 1. The fraction of sp³-hybridized carbons (Fsp3) is 0.0417. The highest BCUT2D eigenvalue weighted by Crippen LogP contribution is 2.33. The number of nitrogens with zero attached hydrogens (tertiary/aromatic N) is 1. The van der Waals surface area contributed by atoms with Crippen LogP contribution in [0.15, 0.2) is 89.8 Å². The smallest absolute Gasteiger partial charge is 0.241 e. The van der Waals surface area contributed by atoms with Crippen molar-refractivity contribution < 1.29 is 22.4 Å². The Morgan fingerprint density at radius 3 is 2.12 bits per heavy atom. The molecule has 6 nitrogen and oxygen atoms in total. The highest BCUT2D eigenvalue weighted by molar-refractivity contribution is 7.92. The van der Waals surface area contributed by atoms with Crippen molar-refractivity contribution in [2.45, 2.75) is 4.90 Å². The first-order valence-electron chi connectivity index (χ1n) is 9.78. The van der Waals surface area contributed by atoms with Crippen LogP contribution in [0.2, 0.25) is 0 Å². The maximum Gasteiger partial charge on any atom is 0.241 e. The molecule has 1 N–H and O–H groups in total. The molecule has 0 saturated heterocycles. The van der Waals surface area contributed by atoms with Crippen LogP contribution in [0.4, 0.5) is 9.52 Å². The first kappa shape index (κ1) is 22.5. The van der Waals surface area contributed by atoms with Crippen LogP contribution in [0.5, 0.6) is 0 Å². The maximum atomic E-state index is 13.1. The number of sulfone groups is 1. The minimum Gasteiger partial charge on any atom is -0.301 e. The number of rotatable bonds is 7. The molecular formula is C24H17FN2O4S2. The van der Waals surface area contributed by atoms with Crippen LogP contribution in [-0.4, -0.2) is 30.8 Å². The van der Waals surface area contributed by atoms with Gasteiger partial charge in [0.15, 0.2) is 15.0 Å². The van der Waals surface area contributed by atoms with E-state index in [1.807, 2.05) is 6.07 Å². The minimum atomic E-state index is -3.98. The van der Waals surface area contributed by atoms with E-state index in [2.05, 4.69) is 10.3 Å². The summed E-state index contributed by atoms with van der Waals surface area (Å²) in [7, 11) is -3.98. The standard InChI is InChI=1S/C24H17FN2O4S2/c25-18-11-13-19(14-12-18)33(30,31)15-20(28)26-24-27-21(16-7-3-1-4-8-16)23(32-24)22(29)17-9-5-2-6-10-17/h1-14H,15H2,(H,26,27,28). The van der Waals surface area contributed by atoms with Crippen molar-refractivity contribution in [2.24, 2.45) is 0 Å². The van der Waals surface area contributed by atoms with Gasteiger partial charge >= 0.3 is 0 Å². The summed E-state index contributed by atoms with van der Waals surface area (Å²) in [6.45, 7) is 0. The molecule has 0 atom stereocenters. The second-order valence-corrected chi connectivity index (χ2v) is 10.0. The number of carbonyl (C=O) groups is 2. The van der Waals surface area contributed by atoms with Gasteiger partial charge in [0.25, 0.3) is 0 Å². The van der Waals surface area contributed by atoms with Crippen molar-refractivity contribution in [3.05, 3.63) is 101 Å². The van der Waals surface area contributed by atoms with E-state index in [4.69, 9.17) is 0 Å². The molecule has 0 aliphatic carbocycles. The quantitative estimate of drug-likeness (QED) is 0.308. The van der Waals surface area contributed by atoms with E-state index < -0.39 is 27.3 Å². The molecule has 0 fully saturated rings. The van der Waals surface area contributed by atoms with Gasteiger partial charge in [-0.1, -0.05) is 72.0 Å². The summed E-state index contributed by atoms with van der Waals surface area (Å²) < 4.78 is 38.0. The molecule has 33 heavy (non-hydrogen) atoms. The molecular weight excluding hydrogens is 463 g/mol. The number of amides is 1. The number of ketones is 1. The molecule has 1 amide bonds. The first-order chi connectivity index (χ1) is 15.8. The number of hydrogen-bond acceptors (Lipinski definition) is 6. The van der Waals surface area contributed by atoms with Crippen molar-refractivity contribution in [3.63, 3.8) is 0 Å². The number of halogens is 1. The van der Waals surface area contributed by atoms with E-state index in [1.54, 1.807) is 54.6 Å². The third-order valence-corrected chi connectivity index (χ3v) is 7.26. The Labute approximate surface area is 193 Å². The van der Waals surface area contributed by atoms with Gasteiger partial charge in [-0.05, 0) is 24.3 Å². The van der Waals surface area contributed by atoms with Crippen LogP contribution < -0.4 is 5.32 Å². The average molecular weight is 481 g/mol. The zero-order chi connectivity index (χ0) is 23.4. The molecule has 0 bridgehead atoms. The predicted molar refractivity (Wildman–Crippen MR) is 125 cm³/mol. The fourth-order valence-electron chi connectivity index (χ4n) is 3.09. The van der Waals surface area contributed by atoms with E-state index in [9.17, 15) is 22.4 Å². The van der Waals surface area contributed by atoms with Crippen molar-refractivity contribution in [3.8, 4) is 11.3 Å². The highest BCUT2D eigenvalue weighted by Gasteiger charge is 2.24. The summed E-state index contributed by atoms with van der Waals surface area (Å²) in [5, 5.41) is 2.58. The number of aromatic nitrogens is 1. The molecule has 4 aromatic rings. The van der Waals surface area contributed by atoms with Crippen LogP contribution in [0.1, 0.15) is 15.2 Å². The second-order valence-electron chi connectivity index (χ2n) is 7.02. The number of carbonyl (C=O) groups excluding carboxylic acids is 2. The molecule has 0 radical (unpaired) electrons. The topological polar surface area (TPSA) is 93.2 Å². The molecule has 0 spiro atoms. The van der Waals surface area contributed by atoms with Gasteiger partial charge in [0, 0.05) is 11.1 Å². The van der Waals surface area contributed by atoms with E-state index >= 15 is 0 Å². The predicted octanol–water partition coefficient (Wildman–Crippen LogP) is 4.59. The Kier molecular flexibility index (Phi) is 6.43. The van der Waals surface area contributed by atoms with Crippen molar-refractivity contribution in [2.75, 3.05) is 11.1 Å². The fourth-order valence-corrected chi connectivity index (χ4v) is 5.19. The molecule has 166 valence electrons. The summed E-state index contributed by atoms with van der Waals surface area (Å²) >= 11 is 0.972. The van der Waals surface area contributed by atoms with Gasteiger partial charge in [0.2, 0.25) is 11.7 Å². The van der Waals surface area contributed by atoms with Gasteiger partial charge in [0.1, 0.15) is 16.4 Å². The third-order valence-electron chi connectivity index (χ3n) is 4.66. The van der Waals surface area contributed by atoms with E-state index in [1.165, 1.54) is 0 Å². The third kappa shape index (κ3) is 5.21. The Hall–Kier alpha value is -3.69. The molecule has 9 heteroatoms. The lowest BCUT2D eigenvalue weighted by molar-refractivity contribution is -0.113. The monoisotopic (exact) mass is 480 g/mol. The van der Waals surface area contributed by atoms with Crippen LogP contribution in [0.3, 0.4) is 0 Å². The number of thiazole rings is 1. The molecule has 0 saturated carbocycles. The van der Waals surface area contributed by atoms with Gasteiger partial charge < -0.3 is 5.32 Å². The summed E-state index contributed by atoms with van der Waals surface area (Å²) in [6, 6.07) is 21.9. The highest BCUT2D eigenvalue weighted by atomic mass is 32.2. The molecule has 0 aliphatic rings. The van der Waals surface area contributed by atoms with Crippen LogP contribution in [0, 0.1) is 5.82 Å². The molecule has 0 unspecified atom stereocenters. The van der Waals surface area contributed by atoms with Crippen molar-refractivity contribution in [1.29, 1.82) is 0 Å². The molecule has 1 aromatic heterocycles. The second kappa shape index (κ2) is 9.43. The van der Waals surface area contributed by atoms with Crippen LogP contribution in [-0.2, 0) is 14.6 Å². The zero-order valence-corrected chi connectivity index (χ0v) is 18.7. The summed E-state index contributed by atoms with van der Waals surface area (Å²) in [6.07, 6.45) is 0. The van der Waals surface area contributed by atoms with Crippen LogP contribution in [0.25, 0.3) is 11.3 Å². The Balaban J connectivity index is 1.62. The van der Waals surface area contributed by atoms with Gasteiger partial charge in [0.05, 0.1) is 10.6 Å². The largest absolute Gasteiger partial charge is 0.301 e. The lowest BCUT2D eigenvalue weighted by Crippen LogP contribution is -2.23. The van der Waals surface area contributed by atoms with Gasteiger partial charge in [-0.3, -0.25) is 9.59 Å². The number of nitrogens with one attached hydrogen (secondary N) is 1. The Morgan fingerprint density at radius 1 is 0.879 bits per heavy atom. The maximum absolute atomic E-state index is 13.1. The summed E-state index contributed by atoms with van der Waals surface area (Å²) in [5.74, 6) is -2.50. The van der Waals surface area contributed by atoms with Crippen molar-refractivity contribution in [1.82, 2.24) is 4.98 Å². The van der Waals surface area contributed by atoms with Gasteiger partial charge in [-0.15, -0.1) is 0 Å². The van der Waals surface area contributed by atoms with Crippen LogP contribution >= 0.6 is 11.3 Å². The summed E-state index contributed by atoms with van der Waals surface area (Å²) in [4.78, 5) is 30.2. The number of anilines is 1. The molecule has 0 aliphatic heterocycles. The van der Waals surface area contributed by atoms with Crippen molar-refractivity contribution >= 4 is 38.0 Å². The molecule has 1 heterocycles. The van der Waals surface area contributed by atoms with E-state index in [-0.39, 0.29) is 15.8 Å². The summed E-state index contributed by atoms with van der Waals surface area (Å²) in [5.41, 5.74) is 1.55. The van der Waals surface area contributed by atoms with E-state index in [0.717, 1.165) is 35.6 Å². The zero-order valence-electron chi connectivity index (χ0n) is 17.1. The molecule has 4 rings (SSSR count). The average Bonchev–Trinajstić information content (AvgIpc) is 3.23. The minimum absolute atomic E-state index is 0.104. The number of benzene rings is 3. The molecule has 3 aromatic carbocycles. The van der Waals surface area contributed by atoms with Gasteiger partial charge in [-0.2, -0.15) is 0 Å². The lowest BCUT2D eigenvalue weighted by atomic mass is 10.1. The Bertz CT molecular complexity index is 1400. The Morgan fingerprint density at radius 2 is 1.48 bits per heavy atom. The SMILES string of the molecule is O=C(CS(=O)(=O)c1ccc(F)cc1)Nc1nc(-c2ccccc2)c(C(=O)c2ccccc2)s1. The van der Waals surface area contributed by atoms with E-state index in [0.29, 0.717) is 21.7 Å². The van der Waals surface area contributed by atoms with Gasteiger partial charge in [-0.25, -0.2) is 17.8 Å². The first-order valence-corrected chi connectivity index (χ1v) is 12.2.